The van der Waals surface area contributed by atoms with E-state index in [9.17, 15) is 29.1 Å². The zero-order valence-corrected chi connectivity index (χ0v) is 22.2. The highest BCUT2D eigenvalue weighted by Crippen LogP contribution is 2.18. The van der Waals surface area contributed by atoms with Crippen LogP contribution in [0.2, 0.25) is 0 Å². The minimum absolute atomic E-state index is 0.122. The molecule has 4 amide bonds. The van der Waals surface area contributed by atoms with Crippen molar-refractivity contribution in [2.75, 3.05) is 26.2 Å². The van der Waals surface area contributed by atoms with Crippen molar-refractivity contribution in [1.82, 2.24) is 31.5 Å². The summed E-state index contributed by atoms with van der Waals surface area (Å²) in [6.07, 6.45) is 3.44. The van der Waals surface area contributed by atoms with Gasteiger partial charge in [-0.25, -0.2) is 4.79 Å². The van der Waals surface area contributed by atoms with Gasteiger partial charge in [0.25, 0.3) is 0 Å². The summed E-state index contributed by atoms with van der Waals surface area (Å²) in [6, 6.07) is -3.10. The maximum atomic E-state index is 12.9. The second kappa shape index (κ2) is 15.1. The lowest BCUT2D eigenvalue weighted by atomic mass is 10.0. The second-order valence-corrected chi connectivity index (χ2v) is 10.2. The molecule has 2 rings (SSSR count). The number of guanidine groups is 1. The number of aliphatic carboxylic acids is 1. The molecule has 2 saturated heterocycles. The highest BCUT2D eigenvalue weighted by Gasteiger charge is 2.36. The monoisotopic (exact) mass is 538 g/mol. The van der Waals surface area contributed by atoms with Gasteiger partial charge in [0.05, 0.1) is 12.6 Å². The molecular formula is C24H42N8O6. The summed E-state index contributed by atoms with van der Waals surface area (Å²) in [5.41, 5.74) is 5.21. The molecule has 2 fully saturated rings. The van der Waals surface area contributed by atoms with Gasteiger partial charge in [0.15, 0.2) is 5.96 Å². The van der Waals surface area contributed by atoms with E-state index in [1.807, 2.05) is 13.8 Å². The Morgan fingerprint density at radius 1 is 1.05 bits per heavy atom. The first kappa shape index (κ1) is 30.8. The minimum atomic E-state index is -1.20. The van der Waals surface area contributed by atoms with Crippen LogP contribution in [0.15, 0.2) is 0 Å². The maximum absolute atomic E-state index is 12.9. The van der Waals surface area contributed by atoms with Crippen molar-refractivity contribution in [3.63, 3.8) is 0 Å². The Bertz CT molecular complexity index is 876. The average molecular weight is 539 g/mol. The van der Waals surface area contributed by atoms with Crippen LogP contribution in [-0.2, 0) is 24.0 Å². The molecule has 0 aromatic heterocycles. The SMILES string of the molecule is CC(C)C[C@H](NC(=O)[C@@H]1CCCN1)C(=O)NCC(=O)N1CCC[C@H]1C(=O)N[C@H](CCCNC(=N)N)C(=O)O. The number of amides is 4. The van der Waals surface area contributed by atoms with Crippen LogP contribution >= 0.6 is 0 Å². The molecule has 9 N–H and O–H groups in total. The van der Waals surface area contributed by atoms with E-state index in [1.54, 1.807) is 0 Å². The van der Waals surface area contributed by atoms with Crippen LogP contribution in [0.5, 0.6) is 0 Å². The van der Waals surface area contributed by atoms with Crippen molar-refractivity contribution in [2.45, 2.75) is 83.0 Å². The lowest BCUT2D eigenvalue weighted by molar-refractivity contribution is -0.144. The molecule has 2 aliphatic rings. The highest BCUT2D eigenvalue weighted by atomic mass is 16.4. The number of carboxylic acid groups (broad SMARTS) is 1. The van der Waals surface area contributed by atoms with Crippen molar-refractivity contribution in [3.8, 4) is 0 Å². The molecule has 0 unspecified atom stereocenters. The normalized spacial score (nSPS) is 20.4. The molecule has 2 heterocycles. The number of hydrogen-bond acceptors (Lipinski definition) is 7. The van der Waals surface area contributed by atoms with E-state index in [-0.39, 0.29) is 43.3 Å². The molecule has 0 spiro atoms. The number of nitrogens with one attached hydrogen (secondary N) is 6. The summed E-state index contributed by atoms with van der Waals surface area (Å²) in [6.45, 7) is 4.88. The van der Waals surface area contributed by atoms with E-state index in [2.05, 4.69) is 26.6 Å². The first-order valence-electron chi connectivity index (χ1n) is 13.2. The zero-order chi connectivity index (χ0) is 28.2. The van der Waals surface area contributed by atoms with Gasteiger partial charge >= 0.3 is 5.97 Å². The summed E-state index contributed by atoms with van der Waals surface area (Å²) in [5.74, 6) is -3.03. The van der Waals surface area contributed by atoms with Crippen molar-refractivity contribution >= 4 is 35.6 Å². The smallest absolute Gasteiger partial charge is 0.326 e. The van der Waals surface area contributed by atoms with E-state index in [4.69, 9.17) is 11.1 Å². The van der Waals surface area contributed by atoms with Gasteiger partial charge in [0.1, 0.15) is 18.1 Å². The molecule has 214 valence electrons. The number of nitrogens with two attached hydrogens (primary N) is 1. The molecule has 4 atom stereocenters. The van der Waals surface area contributed by atoms with E-state index in [0.717, 1.165) is 13.0 Å². The topological polar surface area (TPSA) is 219 Å². The zero-order valence-electron chi connectivity index (χ0n) is 22.2. The fourth-order valence-corrected chi connectivity index (χ4v) is 4.66. The summed E-state index contributed by atoms with van der Waals surface area (Å²) in [7, 11) is 0. The number of carbonyl (C=O) groups excluding carboxylic acids is 4. The van der Waals surface area contributed by atoms with Crippen LogP contribution in [0.3, 0.4) is 0 Å². The van der Waals surface area contributed by atoms with Crippen LogP contribution in [0.1, 0.15) is 58.8 Å². The first-order valence-corrected chi connectivity index (χ1v) is 13.2. The minimum Gasteiger partial charge on any atom is -0.480 e. The molecule has 2 aliphatic heterocycles. The Morgan fingerprint density at radius 2 is 1.76 bits per heavy atom. The van der Waals surface area contributed by atoms with Crippen molar-refractivity contribution in [2.24, 2.45) is 11.7 Å². The summed E-state index contributed by atoms with van der Waals surface area (Å²) in [5, 5.41) is 30.2. The van der Waals surface area contributed by atoms with Gasteiger partial charge in [-0.2, -0.15) is 0 Å². The van der Waals surface area contributed by atoms with Gasteiger partial charge in [-0.05, 0) is 57.4 Å². The van der Waals surface area contributed by atoms with Crippen LogP contribution in [0, 0.1) is 11.3 Å². The number of likely N-dealkylation sites (tertiary alicyclic amines) is 1. The molecule has 0 aromatic rings. The predicted octanol–water partition coefficient (Wildman–Crippen LogP) is -1.79. The Balaban J connectivity index is 1.90. The maximum Gasteiger partial charge on any atom is 0.326 e. The van der Waals surface area contributed by atoms with Crippen LogP contribution < -0.4 is 32.3 Å². The largest absolute Gasteiger partial charge is 0.480 e. The molecule has 0 aliphatic carbocycles. The third-order valence-electron chi connectivity index (χ3n) is 6.61. The quantitative estimate of drug-likeness (QED) is 0.0710. The van der Waals surface area contributed by atoms with Crippen LogP contribution in [0.25, 0.3) is 0 Å². The average Bonchev–Trinajstić information content (AvgIpc) is 3.55. The van der Waals surface area contributed by atoms with Gasteiger partial charge in [-0.1, -0.05) is 13.8 Å². The Morgan fingerprint density at radius 3 is 2.37 bits per heavy atom. The highest BCUT2D eigenvalue weighted by molar-refractivity contribution is 5.94. The molecule has 0 aromatic carbocycles. The number of nitrogens with zero attached hydrogens (tertiary/aromatic N) is 1. The number of rotatable bonds is 14. The molecule has 38 heavy (non-hydrogen) atoms. The number of carbonyl (C=O) groups is 5. The van der Waals surface area contributed by atoms with Crippen molar-refractivity contribution < 1.29 is 29.1 Å². The lowest BCUT2D eigenvalue weighted by Crippen LogP contribution is -2.55. The Hall–Kier alpha value is -3.42. The molecule has 0 bridgehead atoms. The Labute approximate surface area is 222 Å². The van der Waals surface area contributed by atoms with Gasteiger partial charge < -0.3 is 42.3 Å². The predicted molar refractivity (Wildman–Crippen MR) is 139 cm³/mol. The first-order chi connectivity index (χ1) is 18.0. The molecule has 0 radical (unpaired) electrons. The van der Waals surface area contributed by atoms with Gasteiger partial charge in [0, 0.05) is 13.1 Å². The van der Waals surface area contributed by atoms with E-state index in [1.165, 1.54) is 4.90 Å². The van der Waals surface area contributed by atoms with Crippen LogP contribution in [-0.4, -0.2) is 95.9 Å². The lowest BCUT2D eigenvalue weighted by Gasteiger charge is -2.26. The fourth-order valence-electron chi connectivity index (χ4n) is 4.66. The summed E-state index contributed by atoms with van der Waals surface area (Å²) in [4.78, 5) is 64.1. The standard InChI is InChI=1S/C24H42N8O6/c1-14(2)12-17(31-21(35)15-6-3-9-27-15)20(34)29-13-19(33)32-11-5-8-18(32)22(36)30-16(23(37)38)7-4-10-28-24(25)26/h14-18,27H,3-13H2,1-2H3,(H,29,34)(H,30,36)(H,31,35)(H,37,38)(H4,25,26,28)/t15-,16+,17-,18-/m0/s1. The molecular weight excluding hydrogens is 496 g/mol. The fraction of sp³-hybridized carbons (Fsp3) is 0.750. The van der Waals surface area contributed by atoms with E-state index < -0.39 is 41.8 Å². The van der Waals surface area contributed by atoms with Gasteiger partial charge in [-0.3, -0.25) is 24.6 Å². The molecule has 14 heteroatoms. The number of hydrogen-bond donors (Lipinski definition) is 8. The van der Waals surface area contributed by atoms with E-state index in [0.29, 0.717) is 38.6 Å². The van der Waals surface area contributed by atoms with Gasteiger partial charge in [-0.15, -0.1) is 0 Å². The summed E-state index contributed by atoms with van der Waals surface area (Å²) < 4.78 is 0. The third-order valence-corrected chi connectivity index (χ3v) is 6.61. The van der Waals surface area contributed by atoms with Crippen molar-refractivity contribution in [1.29, 1.82) is 5.41 Å². The Kier molecular flexibility index (Phi) is 12.2. The molecule has 14 nitrogen and oxygen atoms in total. The number of carboxylic acids is 1. The van der Waals surface area contributed by atoms with Gasteiger partial charge in [0.2, 0.25) is 23.6 Å². The third kappa shape index (κ3) is 9.80. The van der Waals surface area contributed by atoms with Crippen LogP contribution in [0.4, 0.5) is 0 Å². The van der Waals surface area contributed by atoms with E-state index >= 15 is 0 Å². The molecule has 0 saturated carbocycles. The van der Waals surface area contributed by atoms with Crippen molar-refractivity contribution in [3.05, 3.63) is 0 Å². The summed E-state index contributed by atoms with van der Waals surface area (Å²) >= 11 is 0. The second-order valence-electron chi connectivity index (χ2n) is 10.2.